The number of rotatable bonds is 7. The topological polar surface area (TPSA) is 70.8 Å². The van der Waals surface area contributed by atoms with Gasteiger partial charge in [-0.05, 0) is 39.8 Å². The number of nitrogens with one attached hydrogen (secondary N) is 1. The van der Waals surface area contributed by atoms with Gasteiger partial charge in [0.05, 0.1) is 30.6 Å². The van der Waals surface area contributed by atoms with Gasteiger partial charge in [0.1, 0.15) is 0 Å². The Balaban J connectivity index is 1.48. The van der Waals surface area contributed by atoms with Gasteiger partial charge in [-0.15, -0.1) is 0 Å². The van der Waals surface area contributed by atoms with Crippen molar-refractivity contribution in [3.63, 3.8) is 0 Å². The van der Waals surface area contributed by atoms with E-state index in [1.807, 2.05) is 20.2 Å². The molecule has 6 nitrogen and oxygen atoms in total. The summed E-state index contributed by atoms with van der Waals surface area (Å²) in [6, 6.07) is 2.63. The fourth-order valence-electron chi connectivity index (χ4n) is 3.25. The number of aliphatic hydroxyl groups excluding tert-OH is 1. The molecule has 1 saturated carbocycles. The van der Waals surface area contributed by atoms with Crippen LogP contribution in [0.15, 0.2) is 10.6 Å². The Bertz CT molecular complexity index is 487. The van der Waals surface area contributed by atoms with E-state index in [1.165, 1.54) is 19.3 Å². The quantitative estimate of drug-likeness (QED) is 0.789. The monoisotopic (exact) mass is 323 g/mol. The second kappa shape index (κ2) is 7.75. The Labute approximate surface area is 138 Å². The summed E-state index contributed by atoms with van der Waals surface area (Å²) in [6.07, 6.45) is 5.88. The van der Waals surface area contributed by atoms with Gasteiger partial charge in [-0.1, -0.05) is 11.6 Å². The molecule has 2 aliphatic rings. The van der Waals surface area contributed by atoms with Gasteiger partial charge in [0.2, 0.25) is 0 Å². The molecule has 130 valence electrons. The summed E-state index contributed by atoms with van der Waals surface area (Å²) < 4.78 is 11.5. The van der Waals surface area contributed by atoms with Crippen LogP contribution < -0.4 is 5.32 Å². The highest BCUT2D eigenvalue weighted by molar-refractivity contribution is 5.07. The van der Waals surface area contributed by atoms with Crippen LogP contribution in [0.2, 0.25) is 0 Å². The molecule has 1 aliphatic carbocycles. The van der Waals surface area contributed by atoms with Crippen molar-refractivity contribution in [2.75, 3.05) is 20.6 Å². The average Bonchev–Trinajstić information content (AvgIpc) is 2.87. The summed E-state index contributed by atoms with van der Waals surface area (Å²) in [4.78, 5) is 2.06. The second-order valence-electron chi connectivity index (χ2n) is 7.20. The van der Waals surface area contributed by atoms with Crippen LogP contribution in [-0.4, -0.2) is 60.2 Å². The number of hydrogen-bond acceptors (Lipinski definition) is 6. The highest BCUT2D eigenvalue weighted by atomic mass is 16.5. The molecular formula is C17H29N3O3. The van der Waals surface area contributed by atoms with Crippen LogP contribution >= 0.6 is 0 Å². The van der Waals surface area contributed by atoms with Gasteiger partial charge >= 0.3 is 0 Å². The summed E-state index contributed by atoms with van der Waals surface area (Å²) in [7, 11) is 4.01. The maximum Gasteiger partial charge on any atom is 0.150 e. The molecule has 1 aromatic heterocycles. The van der Waals surface area contributed by atoms with E-state index in [0.717, 1.165) is 43.8 Å². The van der Waals surface area contributed by atoms with Crippen LogP contribution in [0.5, 0.6) is 0 Å². The van der Waals surface area contributed by atoms with Gasteiger partial charge in [-0.3, -0.25) is 0 Å². The summed E-state index contributed by atoms with van der Waals surface area (Å²) in [5.74, 6) is 0.879. The molecule has 3 rings (SSSR count). The number of hydrogen-bond donors (Lipinski definition) is 2. The van der Waals surface area contributed by atoms with Gasteiger partial charge in [0.25, 0.3) is 0 Å². The lowest BCUT2D eigenvalue weighted by Crippen LogP contribution is -2.48. The van der Waals surface area contributed by atoms with Crippen LogP contribution in [0.25, 0.3) is 0 Å². The number of aromatic nitrogens is 1. The Morgan fingerprint density at radius 3 is 2.83 bits per heavy atom. The van der Waals surface area contributed by atoms with E-state index in [2.05, 4.69) is 15.4 Å². The zero-order valence-corrected chi connectivity index (χ0v) is 14.2. The van der Waals surface area contributed by atoms with Crippen LogP contribution in [0.1, 0.15) is 43.6 Å². The second-order valence-corrected chi connectivity index (χ2v) is 7.20. The molecule has 0 aromatic carbocycles. The molecule has 2 fully saturated rings. The molecule has 1 aromatic rings. The number of aliphatic hydroxyl groups is 1. The first kappa shape index (κ1) is 16.9. The lowest BCUT2D eigenvalue weighted by molar-refractivity contribution is -0.116. The van der Waals surface area contributed by atoms with Crippen molar-refractivity contribution in [2.45, 2.75) is 69.4 Å². The van der Waals surface area contributed by atoms with E-state index in [-0.39, 0.29) is 18.3 Å². The Hall–Kier alpha value is -0.950. The highest BCUT2D eigenvalue weighted by Gasteiger charge is 2.31. The van der Waals surface area contributed by atoms with Gasteiger partial charge in [0, 0.05) is 25.1 Å². The lowest BCUT2D eigenvalue weighted by Gasteiger charge is -2.36. The van der Waals surface area contributed by atoms with Crippen LogP contribution in [0.3, 0.4) is 0 Å². The average molecular weight is 323 g/mol. The first-order valence-corrected chi connectivity index (χ1v) is 8.76. The van der Waals surface area contributed by atoms with Gasteiger partial charge in [-0.2, -0.15) is 0 Å². The smallest absolute Gasteiger partial charge is 0.150 e. The molecule has 0 bridgehead atoms. The molecular weight excluding hydrogens is 294 g/mol. The maximum absolute atomic E-state index is 10.2. The summed E-state index contributed by atoms with van der Waals surface area (Å²) in [5, 5.41) is 17.8. The first-order valence-electron chi connectivity index (χ1n) is 8.76. The normalized spacial score (nSPS) is 29.0. The molecule has 0 radical (unpaired) electrons. The molecule has 0 spiro atoms. The highest BCUT2D eigenvalue weighted by Crippen LogP contribution is 2.24. The number of ether oxygens (including phenoxy) is 1. The predicted molar refractivity (Wildman–Crippen MR) is 87.1 cm³/mol. The molecule has 0 unspecified atom stereocenters. The largest absolute Gasteiger partial charge is 0.390 e. The Kier molecular flexibility index (Phi) is 5.69. The minimum Gasteiger partial charge on any atom is -0.390 e. The van der Waals surface area contributed by atoms with Crippen molar-refractivity contribution in [3.8, 4) is 0 Å². The fraction of sp³-hybridized carbons (Fsp3) is 0.824. The molecule has 0 amide bonds. The van der Waals surface area contributed by atoms with Crippen molar-refractivity contribution in [1.82, 2.24) is 15.4 Å². The van der Waals surface area contributed by atoms with Crippen LogP contribution in [-0.2, 0) is 17.7 Å². The van der Waals surface area contributed by atoms with E-state index >= 15 is 0 Å². The maximum atomic E-state index is 10.2. The van der Waals surface area contributed by atoms with E-state index in [1.54, 1.807) is 0 Å². The molecule has 2 heterocycles. The summed E-state index contributed by atoms with van der Waals surface area (Å²) in [5.41, 5.74) is 0.939. The van der Waals surface area contributed by atoms with Gasteiger partial charge in [-0.25, -0.2) is 0 Å². The third kappa shape index (κ3) is 4.76. The molecule has 1 aliphatic heterocycles. The Morgan fingerprint density at radius 2 is 2.13 bits per heavy atom. The molecule has 6 heteroatoms. The zero-order chi connectivity index (χ0) is 16.2. The van der Waals surface area contributed by atoms with E-state index in [4.69, 9.17) is 9.26 Å². The van der Waals surface area contributed by atoms with Crippen molar-refractivity contribution >= 4 is 0 Å². The molecule has 2 N–H and O–H groups in total. The van der Waals surface area contributed by atoms with E-state index in [0.29, 0.717) is 6.04 Å². The van der Waals surface area contributed by atoms with Crippen LogP contribution in [0.4, 0.5) is 0 Å². The molecule has 1 saturated heterocycles. The third-order valence-electron chi connectivity index (χ3n) is 4.81. The SMILES string of the molecule is CN(C)Cc1cc(C[C@@H]2CC[C@H](O)[C@@H](CNC3CCC3)O2)no1. The minimum atomic E-state index is -0.361. The third-order valence-corrected chi connectivity index (χ3v) is 4.81. The fourth-order valence-corrected chi connectivity index (χ4v) is 3.25. The zero-order valence-electron chi connectivity index (χ0n) is 14.2. The summed E-state index contributed by atoms with van der Waals surface area (Å²) >= 11 is 0. The van der Waals surface area contributed by atoms with E-state index in [9.17, 15) is 5.11 Å². The van der Waals surface area contributed by atoms with Gasteiger partial charge < -0.3 is 24.6 Å². The Morgan fingerprint density at radius 1 is 1.30 bits per heavy atom. The molecule has 23 heavy (non-hydrogen) atoms. The van der Waals surface area contributed by atoms with Gasteiger partial charge in [0.15, 0.2) is 5.76 Å². The van der Waals surface area contributed by atoms with Crippen molar-refractivity contribution < 1.29 is 14.4 Å². The van der Waals surface area contributed by atoms with Crippen molar-refractivity contribution in [3.05, 3.63) is 17.5 Å². The summed E-state index contributed by atoms with van der Waals surface area (Å²) in [6.45, 7) is 1.50. The number of nitrogens with zero attached hydrogens (tertiary/aromatic N) is 2. The lowest BCUT2D eigenvalue weighted by atomic mass is 9.92. The minimum absolute atomic E-state index is 0.109. The molecule has 3 atom stereocenters. The van der Waals surface area contributed by atoms with Crippen molar-refractivity contribution in [1.29, 1.82) is 0 Å². The first-order chi connectivity index (χ1) is 11.1. The standard InChI is InChI=1S/C17H29N3O3/c1-20(2)11-15-9-13(19-23-15)8-14-6-7-16(21)17(22-14)10-18-12-4-3-5-12/h9,12,14,16-18,21H,3-8,10-11H2,1-2H3/t14-,16-,17+/m0/s1. The van der Waals surface area contributed by atoms with Crippen molar-refractivity contribution in [2.24, 2.45) is 0 Å². The predicted octanol–water partition coefficient (Wildman–Crippen LogP) is 1.33. The van der Waals surface area contributed by atoms with E-state index < -0.39 is 0 Å². The van der Waals surface area contributed by atoms with Crippen LogP contribution in [0, 0.1) is 0 Å².